The molecule has 2 rings (SSSR count). The molecule has 5 nitrogen and oxygen atoms in total. The minimum Gasteiger partial charge on any atom is -0.494 e. The highest BCUT2D eigenvalue weighted by Crippen LogP contribution is 2.15. The average Bonchev–Trinajstić information content (AvgIpc) is 2.98. The Morgan fingerprint density at radius 3 is 2.86 bits per heavy atom. The highest BCUT2D eigenvalue weighted by atomic mass is 35.5. The summed E-state index contributed by atoms with van der Waals surface area (Å²) >= 11 is 7.22. The van der Waals surface area contributed by atoms with Crippen LogP contribution >= 0.6 is 22.9 Å². The highest BCUT2D eigenvalue weighted by Gasteiger charge is 2.07. The van der Waals surface area contributed by atoms with Gasteiger partial charge in [0, 0.05) is 23.1 Å². The van der Waals surface area contributed by atoms with Gasteiger partial charge in [0.1, 0.15) is 5.75 Å². The molecule has 0 aliphatic rings. The van der Waals surface area contributed by atoms with E-state index in [0.29, 0.717) is 23.3 Å². The largest absolute Gasteiger partial charge is 0.494 e. The normalized spacial score (nSPS) is 10.7. The molecule has 0 atom stereocenters. The molecule has 0 aliphatic heterocycles. The zero-order chi connectivity index (χ0) is 15.8. The number of likely N-dealkylation sites (N-methyl/N-ethyl adjacent to an activating group) is 1. The van der Waals surface area contributed by atoms with Gasteiger partial charge in [-0.15, -0.1) is 11.3 Å². The van der Waals surface area contributed by atoms with Gasteiger partial charge in [0.25, 0.3) is 0 Å². The summed E-state index contributed by atoms with van der Waals surface area (Å²) < 4.78 is 5.61. The standard InChI is InChI=1S/C15H18ClN3O2S/c1-19(11-14(20)18-15-17-7-10-22-15)8-2-9-21-13-5-3-12(16)4-6-13/h3-7,10H,2,8-9,11H2,1H3,(H,17,18,20). The lowest BCUT2D eigenvalue weighted by Crippen LogP contribution is -2.31. The minimum absolute atomic E-state index is 0.0592. The Morgan fingerprint density at radius 2 is 2.18 bits per heavy atom. The van der Waals surface area contributed by atoms with Crippen LogP contribution in [0.3, 0.4) is 0 Å². The lowest BCUT2D eigenvalue weighted by atomic mass is 10.3. The second-order valence-corrected chi connectivity index (χ2v) is 6.11. The molecule has 1 amide bonds. The number of rotatable bonds is 8. The predicted molar refractivity (Wildman–Crippen MR) is 89.8 cm³/mol. The van der Waals surface area contributed by atoms with Crippen LogP contribution in [0.5, 0.6) is 5.75 Å². The van der Waals surface area contributed by atoms with Crippen molar-refractivity contribution in [3.63, 3.8) is 0 Å². The number of nitrogens with zero attached hydrogens (tertiary/aromatic N) is 2. The van der Waals surface area contributed by atoms with Crippen molar-refractivity contribution >= 4 is 34.0 Å². The number of hydrogen-bond donors (Lipinski definition) is 1. The third-order valence-corrected chi connectivity index (χ3v) is 3.80. The molecule has 0 saturated carbocycles. The second-order valence-electron chi connectivity index (χ2n) is 4.78. The van der Waals surface area contributed by atoms with E-state index in [9.17, 15) is 4.79 Å². The number of benzene rings is 1. The van der Waals surface area contributed by atoms with Crippen LogP contribution in [-0.2, 0) is 4.79 Å². The van der Waals surface area contributed by atoms with Gasteiger partial charge < -0.3 is 10.1 Å². The Balaban J connectivity index is 1.60. The molecule has 22 heavy (non-hydrogen) atoms. The molecule has 1 aromatic carbocycles. The van der Waals surface area contributed by atoms with Crippen LogP contribution in [0, 0.1) is 0 Å². The van der Waals surface area contributed by atoms with Crippen LogP contribution in [0.25, 0.3) is 0 Å². The summed E-state index contributed by atoms with van der Waals surface area (Å²) in [6, 6.07) is 7.28. The Morgan fingerprint density at radius 1 is 1.41 bits per heavy atom. The van der Waals surface area contributed by atoms with Crippen LogP contribution in [0.15, 0.2) is 35.8 Å². The zero-order valence-electron chi connectivity index (χ0n) is 12.3. The van der Waals surface area contributed by atoms with E-state index in [1.807, 2.05) is 29.5 Å². The molecule has 0 bridgehead atoms. The third-order valence-electron chi connectivity index (χ3n) is 2.86. The summed E-state index contributed by atoms with van der Waals surface area (Å²) in [6.07, 6.45) is 2.50. The molecule has 0 fully saturated rings. The quantitative estimate of drug-likeness (QED) is 0.751. The topological polar surface area (TPSA) is 54.5 Å². The van der Waals surface area contributed by atoms with Crippen LogP contribution in [0.1, 0.15) is 6.42 Å². The van der Waals surface area contributed by atoms with Gasteiger partial charge in [0.15, 0.2) is 5.13 Å². The lowest BCUT2D eigenvalue weighted by Gasteiger charge is -2.15. The Kier molecular flexibility index (Phi) is 6.64. The van der Waals surface area contributed by atoms with E-state index in [1.54, 1.807) is 18.3 Å². The van der Waals surface area contributed by atoms with Crippen molar-refractivity contribution < 1.29 is 9.53 Å². The first-order chi connectivity index (χ1) is 10.6. The van der Waals surface area contributed by atoms with Gasteiger partial charge in [-0.25, -0.2) is 4.98 Å². The maximum absolute atomic E-state index is 11.8. The highest BCUT2D eigenvalue weighted by molar-refractivity contribution is 7.13. The molecule has 1 aromatic heterocycles. The summed E-state index contributed by atoms with van der Waals surface area (Å²) in [5.41, 5.74) is 0. The monoisotopic (exact) mass is 339 g/mol. The van der Waals surface area contributed by atoms with E-state index in [2.05, 4.69) is 10.3 Å². The van der Waals surface area contributed by atoms with Crippen LogP contribution in [-0.4, -0.2) is 42.5 Å². The fourth-order valence-electron chi connectivity index (χ4n) is 1.82. The Hall–Kier alpha value is -1.63. The summed E-state index contributed by atoms with van der Waals surface area (Å²) in [5.74, 6) is 0.740. The third kappa shape index (κ3) is 6.01. The summed E-state index contributed by atoms with van der Waals surface area (Å²) in [4.78, 5) is 17.7. The van der Waals surface area contributed by atoms with Gasteiger partial charge in [-0.05, 0) is 37.7 Å². The molecule has 0 radical (unpaired) electrons. The number of amides is 1. The number of ether oxygens (including phenoxy) is 1. The first-order valence-corrected chi connectivity index (χ1v) is 8.15. The number of carbonyl (C=O) groups is 1. The zero-order valence-corrected chi connectivity index (χ0v) is 13.9. The second kappa shape index (κ2) is 8.73. The van der Waals surface area contributed by atoms with Crippen molar-refractivity contribution in [2.24, 2.45) is 0 Å². The molecule has 0 unspecified atom stereocenters. The SMILES string of the molecule is CN(CCCOc1ccc(Cl)cc1)CC(=O)Nc1nccs1. The van der Waals surface area contributed by atoms with Crippen LogP contribution in [0.4, 0.5) is 5.13 Å². The van der Waals surface area contributed by atoms with E-state index in [0.717, 1.165) is 18.7 Å². The molecule has 0 spiro atoms. The van der Waals surface area contributed by atoms with Gasteiger partial charge >= 0.3 is 0 Å². The summed E-state index contributed by atoms with van der Waals surface area (Å²) in [7, 11) is 1.91. The summed E-state index contributed by atoms with van der Waals surface area (Å²) in [5, 5.41) is 5.91. The molecule has 0 saturated heterocycles. The molecule has 2 aromatic rings. The molecule has 1 heterocycles. The average molecular weight is 340 g/mol. The molecular formula is C15H18ClN3O2S. The van der Waals surface area contributed by atoms with E-state index in [-0.39, 0.29) is 5.91 Å². The molecule has 118 valence electrons. The van der Waals surface area contributed by atoms with E-state index in [4.69, 9.17) is 16.3 Å². The van der Waals surface area contributed by atoms with Crippen molar-refractivity contribution in [1.82, 2.24) is 9.88 Å². The van der Waals surface area contributed by atoms with E-state index >= 15 is 0 Å². The number of carbonyl (C=O) groups excluding carboxylic acids is 1. The number of aromatic nitrogens is 1. The lowest BCUT2D eigenvalue weighted by molar-refractivity contribution is -0.117. The van der Waals surface area contributed by atoms with Crippen molar-refractivity contribution in [2.45, 2.75) is 6.42 Å². The Labute approximate surface area is 138 Å². The summed E-state index contributed by atoms with van der Waals surface area (Å²) in [6.45, 7) is 1.71. The Bertz CT molecular complexity index is 575. The van der Waals surface area contributed by atoms with Crippen LogP contribution < -0.4 is 10.1 Å². The molecule has 0 aliphatic carbocycles. The number of thiazole rings is 1. The maximum atomic E-state index is 11.8. The smallest absolute Gasteiger partial charge is 0.240 e. The van der Waals surface area contributed by atoms with Gasteiger partial charge in [-0.1, -0.05) is 11.6 Å². The van der Waals surface area contributed by atoms with Crippen molar-refractivity contribution in [3.8, 4) is 5.75 Å². The first kappa shape index (κ1) is 16.7. The number of halogens is 1. The van der Waals surface area contributed by atoms with E-state index in [1.165, 1.54) is 11.3 Å². The fourth-order valence-corrected chi connectivity index (χ4v) is 2.49. The van der Waals surface area contributed by atoms with Crippen molar-refractivity contribution in [2.75, 3.05) is 32.1 Å². The fraction of sp³-hybridized carbons (Fsp3) is 0.333. The van der Waals surface area contributed by atoms with Gasteiger partial charge in [0.2, 0.25) is 5.91 Å². The number of hydrogen-bond acceptors (Lipinski definition) is 5. The minimum atomic E-state index is -0.0592. The van der Waals surface area contributed by atoms with Crippen molar-refractivity contribution in [3.05, 3.63) is 40.9 Å². The van der Waals surface area contributed by atoms with Crippen molar-refractivity contribution in [1.29, 1.82) is 0 Å². The van der Waals surface area contributed by atoms with Gasteiger partial charge in [0.05, 0.1) is 13.2 Å². The molecular weight excluding hydrogens is 322 g/mol. The number of nitrogens with one attached hydrogen (secondary N) is 1. The predicted octanol–water partition coefficient (Wildman–Crippen LogP) is 3.14. The van der Waals surface area contributed by atoms with Gasteiger partial charge in [-0.3, -0.25) is 9.69 Å². The van der Waals surface area contributed by atoms with E-state index < -0.39 is 0 Å². The van der Waals surface area contributed by atoms with Gasteiger partial charge in [-0.2, -0.15) is 0 Å². The first-order valence-electron chi connectivity index (χ1n) is 6.90. The molecule has 1 N–H and O–H groups in total. The van der Waals surface area contributed by atoms with Crippen LogP contribution in [0.2, 0.25) is 5.02 Å². The maximum Gasteiger partial charge on any atom is 0.240 e. The number of anilines is 1. The molecule has 7 heteroatoms.